The molecule has 0 spiro atoms. The van der Waals surface area contributed by atoms with Crippen molar-refractivity contribution in [3.63, 3.8) is 0 Å². The second kappa shape index (κ2) is 13.9. The zero-order valence-corrected chi connectivity index (χ0v) is 29.8. The van der Waals surface area contributed by atoms with Gasteiger partial charge in [-0.3, -0.25) is 0 Å². The molecule has 52 heavy (non-hydrogen) atoms. The van der Waals surface area contributed by atoms with Crippen LogP contribution in [0.25, 0.3) is 0 Å². The average Bonchev–Trinajstić information content (AvgIpc) is 2.98. The van der Waals surface area contributed by atoms with Crippen LogP contribution in [0, 0.1) is 5.92 Å². The van der Waals surface area contributed by atoms with Crippen molar-refractivity contribution in [1.82, 2.24) is 0 Å². The molecular formula is C36H38O16. The van der Waals surface area contributed by atoms with Crippen molar-refractivity contribution in [1.29, 1.82) is 0 Å². The second-order valence-corrected chi connectivity index (χ2v) is 13.1. The van der Waals surface area contributed by atoms with Crippen LogP contribution in [0.15, 0.2) is 93.9 Å². The van der Waals surface area contributed by atoms with E-state index in [4.69, 9.17) is 37.9 Å². The van der Waals surface area contributed by atoms with Crippen LogP contribution in [0.1, 0.15) is 62.3 Å². The van der Waals surface area contributed by atoms with Gasteiger partial charge in [-0.1, -0.05) is 49.3 Å². The molecule has 4 rings (SSSR count). The number of esters is 6. The van der Waals surface area contributed by atoms with Gasteiger partial charge in [0.25, 0.3) is 23.5 Å². The zero-order chi connectivity index (χ0) is 39.0. The number of carbonyl (C=O) groups is 6. The molecule has 2 unspecified atom stereocenters. The Morgan fingerprint density at radius 3 is 1.21 bits per heavy atom. The number of allylic oxidation sites excluding steroid dienone is 8. The van der Waals surface area contributed by atoms with Crippen molar-refractivity contribution in [3.05, 3.63) is 93.9 Å². The molecule has 0 aromatic heterocycles. The molecule has 0 aliphatic carbocycles. The van der Waals surface area contributed by atoms with Gasteiger partial charge in [0.1, 0.15) is 22.3 Å². The van der Waals surface area contributed by atoms with Gasteiger partial charge >= 0.3 is 47.4 Å². The predicted molar refractivity (Wildman–Crippen MR) is 174 cm³/mol. The Hall–Kier alpha value is -6.06. The summed E-state index contributed by atoms with van der Waals surface area (Å²) in [7, 11) is 0. The van der Waals surface area contributed by atoms with Gasteiger partial charge in [-0.05, 0) is 38.2 Å². The summed E-state index contributed by atoms with van der Waals surface area (Å²) in [4.78, 5) is 75.1. The maximum Gasteiger partial charge on any atom is 0.348 e. The summed E-state index contributed by atoms with van der Waals surface area (Å²) >= 11 is 0. The lowest BCUT2D eigenvalue weighted by Crippen LogP contribution is -2.61. The summed E-state index contributed by atoms with van der Waals surface area (Å²) in [6, 6.07) is 0. The van der Waals surface area contributed by atoms with Crippen LogP contribution in [0.2, 0.25) is 0 Å². The maximum atomic E-state index is 13.0. The van der Waals surface area contributed by atoms with Crippen LogP contribution < -0.4 is 0 Å². The van der Waals surface area contributed by atoms with E-state index in [1.807, 2.05) is 0 Å². The molecule has 0 radical (unpaired) electrons. The summed E-state index contributed by atoms with van der Waals surface area (Å²) in [5.41, 5.74) is -0.797. The van der Waals surface area contributed by atoms with Gasteiger partial charge in [0.05, 0.1) is 0 Å². The minimum atomic E-state index is -2.31. The number of cyclic esters (lactones) is 6. The van der Waals surface area contributed by atoms with E-state index in [0.717, 1.165) is 26.0 Å². The first-order valence-corrected chi connectivity index (χ1v) is 15.8. The van der Waals surface area contributed by atoms with Crippen LogP contribution >= 0.6 is 0 Å². The van der Waals surface area contributed by atoms with E-state index in [1.54, 1.807) is 27.7 Å². The highest BCUT2D eigenvalue weighted by Crippen LogP contribution is 2.42. The molecule has 0 bridgehead atoms. The van der Waals surface area contributed by atoms with Crippen molar-refractivity contribution in [2.45, 2.75) is 85.5 Å². The number of hydrogen-bond acceptors (Lipinski definition) is 16. The number of aliphatic hydroxyl groups excluding tert-OH is 2. The number of aliphatic hydroxyl groups is 2. The lowest BCUT2D eigenvalue weighted by atomic mass is 10.0. The second-order valence-electron chi connectivity index (χ2n) is 13.1. The van der Waals surface area contributed by atoms with Crippen molar-refractivity contribution >= 4 is 35.8 Å². The fraction of sp³-hybridized carbons (Fsp3) is 0.389. The Labute approximate surface area is 297 Å². The van der Waals surface area contributed by atoms with Crippen LogP contribution in [0.3, 0.4) is 0 Å². The largest absolute Gasteiger partial charge is 0.480 e. The first-order valence-electron chi connectivity index (χ1n) is 15.8. The normalized spacial score (nSPS) is 28.6. The fourth-order valence-electron chi connectivity index (χ4n) is 4.53. The molecule has 16 heteroatoms. The molecule has 2 atom stereocenters. The monoisotopic (exact) mass is 726 g/mol. The predicted octanol–water partition coefficient (Wildman–Crippen LogP) is 4.27. The molecular weight excluding hydrogens is 688 g/mol. The molecule has 0 saturated carbocycles. The first kappa shape index (κ1) is 38.7. The van der Waals surface area contributed by atoms with Crippen molar-refractivity contribution in [2.75, 3.05) is 0 Å². The quantitative estimate of drug-likeness (QED) is 0.117. The fourth-order valence-corrected chi connectivity index (χ4v) is 4.53. The minimum absolute atomic E-state index is 0.289. The highest BCUT2D eigenvalue weighted by atomic mass is 16.8. The average molecular weight is 727 g/mol. The first-order chi connectivity index (χ1) is 24.0. The van der Waals surface area contributed by atoms with Gasteiger partial charge in [-0.25, -0.2) is 28.8 Å². The standard InChI is InChI=1S/C36H38O16/c1-18(2)34(7)47-27(39)22(28(40)48-34)15-11-20(4)13-17-24-31(43)51-36(9,52-32(24)44)35(8)49-29(41)23(30(42)50-35)16-12-19(3)10-14-21-25(37)45-33(5,6)46-26(21)38/h10-18,41,43H,1-9H3/b16-12+,17-13+,19-10+,20-11+,22-15?. The molecule has 278 valence electrons. The molecule has 0 amide bonds. The third-order valence-electron chi connectivity index (χ3n) is 8.13. The lowest BCUT2D eigenvalue weighted by molar-refractivity contribution is -0.375. The third-order valence-corrected chi connectivity index (χ3v) is 8.13. The minimum Gasteiger partial charge on any atom is -0.480 e. The third kappa shape index (κ3) is 7.95. The van der Waals surface area contributed by atoms with E-state index in [2.05, 4.69) is 0 Å². The molecule has 4 heterocycles. The zero-order valence-electron chi connectivity index (χ0n) is 29.8. The molecule has 4 aliphatic heterocycles. The Morgan fingerprint density at radius 1 is 0.538 bits per heavy atom. The van der Waals surface area contributed by atoms with Crippen LogP contribution in [0.5, 0.6) is 0 Å². The van der Waals surface area contributed by atoms with Crippen LogP contribution in [-0.2, 0) is 66.7 Å². The van der Waals surface area contributed by atoms with E-state index in [-0.39, 0.29) is 17.1 Å². The molecule has 2 N–H and O–H groups in total. The number of carbonyl (C=O) groups excluding carboxylic acids is 6. The SMILES string of the molecule is CC(/C=C/C1=C(O)OC(C)(C2(C)OC(=O)C(/C=C/C(C)=C/C=C3C(=O)OC(C)(C(C)C)OC3=O)=C(O)O2)OC1=O)=C\C=C1C(=O)OC(C)(C)OC1=O. The van der Waals surface area contributed by atoms with E-state index < -0.39 is 82.0 Å². The topological polar surface area (TPSA) is 217 Å². The summed E-state index contributed by atoms with van der Waals surface area (Å²) in [5.74, 6) is -15.3. The molecule has 0 aromatic rings. The van der Waals surface area contributed by atoms with E-state index >= 15 is 0 Å². The number of ether oxygens (including phenoxy) is 8. The number of hydrogen-bond donors (Lipinski definition) is 2. The van der Waals surface area contributed by atoms with Crippen molar-refractivity contribution in [3.8, 4) is 0 Å². The summed E-state index contributed by atoms with van der Waals surface area (Å²) in [6.45, 7) is 13.1. The smallest absolute Gasteiger partial charge is 0.348 e. The molecule has 4 aliphatic rings. The Morgan fingerprint density at radius 2 is 0.885 bits per heavy atom. The van der Waals surface area contributed by atoms with Crippen LogP contribution in [0.4, 0.5) is 0 Å². The lowest BCUT2D eigenvalue weighted by Gasteiger charge is -2.45. The Kier molecular flexibility index (Phi) is 10.4. The molecule has 0 aromatic carbocycles. The van der Waals surface area contributed by atoms with Gasteiger partial charge in [-0.15, -0.1) is 0 Å². The molecule has 2 saturated heterocycles. The molecule has 2 fully saturated rings. The van der Waals surface area contributed by atoms with Gasteiger partial charge in [-0.2, -0.15) is 0 Å². The van der Waals surface area contributed by atoms with Gasteiger partial charge < -0.3 is 48.1 Å². The van der Waals surface area contributed by atoms with Gasteiger partial charge in [0, 0.05) is 40.5 Å². The van der Waals surface area contributed by atoms with E-state index in [0.29, 0.717) is 11.1 Å². The maximum absolute atomic E-state index is 13.0. The summed E-state index contributed by atoms with van der Waals surface area (Å²) < 4.78 is 42.2. The van der Waals surface area contributed by atoms with Crippen molar-refractivity contribution < 1.29 is 76.9 Å². The summed E-state index contributed by atoms with van der Waals surface area (Å²) in [6.07, 6.45) is 10.0. The number of rotatable bonds is 8. The van der Waals surface area contributed by atoms with Crippen molar-refractivity contribution in [2.24, 2.45) is 5.92 Å². The van der Waals surface area contributed by atoms with Gasteiger partial charge in [0.15, 0.2) is 0 Å². The Bertz CT molecular complexity index is 1840. The summed E-state index contributed by atoms with van der Waals surface area (Å²) in [5, 5.41) is 21.3. The Balaban J connectivity index is 1.47. The van der Waals surface area contributed by atoms with E-state index in [1.165, 1.54) is 57.2 Å². The highest BCUT2D eigenvalue weighted by Gasteiger charge is 2.62. The molecule has 16 nitrogen and oxygen atoms in total. The van der Waals surface area contributed by atoms with Gasteiger partial charge in [0.2, 0.25) is 0 Å². The highest BCUT2D eigenvalue weighted by molar-refractivity contribution is 6.16. The van der Waals surface area contributed by atoms with E-state index in [9.17, 15) is 39.0 Å². The van der Waals surface area contributed by atoms with Crippen LogP contribution in [-0.4, -0.2) is 69.2 Å².